The summed E-state index contributed by atoms with van der Waals surface area (Å²) < 4.78 is 14.4. The van der Waals surface area contributed by atoms with Crippen molar-refractivity contribution in [1.29, 1.82) is 0 Å². The zero-order valence-corrected chi connectivity index (χ0v) is 19.5. The summed E-state index contributed by atoms with van der Waals surface area (Å²) in [7, 11) is 0. The van der Waals surface area contributed by atoms with E-state index in [0.717, 1.165) is 22.9 Å². The molecule has 36 heavy (non-hydrogen) atoms. The molecule has 5 rings (SSSR count). The van der Waals surface area contributed by atoms with Gasteiger partial charge < -0.3 is 0 Å². The number of carbonyl (C=O) groups excluding carboxylic acids is 1. The maximum absolute atomic E-state index is 13.1. The number of amidine groups is 1. The lowest BCUT2D eigenvalue weighted by Crippen LogP contribution is -2.20. The zero-order valence-electron chi connectivity index (χ0n) is 18.7. The third-order valence-corrected chi connectivity index (χ3v) is 6.08. The van der Waals surface area contributed by atoms with E-state index >= 15 is 0 Å². The van der Waals surface area contributed by atoms with Gasteiger partial charge in [0.15, 0.2) is 5.17 Å². The summed E-state index contributed by atoms with van der Waals surface area (Å²) in [6.07, 6.45) is 3.20. The molecule has 176 valence electrons. The Morgan fingerprint density at radius 3 is 2.33 bits per heavy atom. The van der Waals surface area contributed by atoms with E-state index in [1.807, 2.05) is 30.3 Å². The number of hydrogen-bond donors (Lipinski definition) is 1. The van der Waals surface area contributed by atoms with Gasteiger partial charge in [-0.3, -0.25) is 14.9 Å². The number of nitrogens with zero attached hydrogens (tertiary/aromatic N) is 4. The first-order valence-electron chi connectivity index (χ1n) is 10.9. The molecule has 1 N–H and O–H groups in total. The van der Waals surface area contributed by atoms with Gasteiger partial charge in [0.05, 0.1) is 22.5 Å². The Bertz CT molecular complexity index is 1560. The van der Waals surface area contributed by atoms with Crippen LogP contribution in [-0.2, 0) is 4.79 Å². The minimum atomic E-state index is -0.339. The summed E-state index contributed by atoms with van der Waals surface area (Å²) in [5.41, 5.74) is 3.47. The number of halogens is 1. The fraction of sp³-hybridized carbons (Fsp3) is 0. The van der Waals surface area contributed by atoms with Crippen molar-refractivity contribution in [3.63, 3.8) is 0 Å². The maximum atomic E-state index is 13.1. The summed E-state index contributed by atoms with van der Waals surface area (Å²) in [6.45, 7) is 0. The van der Waals surface area contributed by atoms with Crippen molar-refractivity contribution in [3.8, 4) is 16.9 Å². The second kappa shape index (κ2) is 10.3. The molecule has 0 aliphatic carbocycles. The van der Waals surface area contributed by atoms with Crippen LogP contribution in [0.3, 0.4) is 0 Å². The third-order valence-electron chi connectivity index (χ3n) is 5.18. The fourth-order valence-corrected chi connectivity index (χ4v) is 4.17. The van der Waals surface area contributed by atoms with E-state index in [1.165, 1.54) is 22.9 Å². The second-order valence-electron chi connectivity index (χ2n) is 7.69. The second-order valence-corrected chi connectivity index (χ2v) is 8.72. The normalized spacial score (nSPS) is 15.6. The number of hydrogen-bond acceptors (Lipinski definition) is 6. The molecule has 1 aliphatic rings. The number of thioether (sulfide) groups is 1. The van der Waals surface area contributed by atoms with E-state index in [4.69, 9.17) is 0 Å². The predicted molar refractivity (Wildman–Crippen MR) is 140 cm³/mol. The van der Waals surface area contributed by atoms with Crippen LogP contribution in [0.15, 0.2) is 111 Å². The van der Waals surface area contributed by atoms with Crippen LogP contribution < -0.4 is 10.9 Å². The molecule has 1 fully saturated rings. The van der Waals surface area contributed by atoms with Gasteiger partial charge in [-0.15, -0.1) is 5.10 Å². The highest BCUT2D eigenvalue weighted by atomic mass is 32.2. The van der Waals surface area contributed by atoms with Gasteiger partial charge in [0.1, 0.15) is 5.82 Å². The molecule has 0 saturated carbocycles. The lowest BCUT2D eigenvalue weighted by atomic mass is 10.1. The molecule has 0 unspecified atom stereocenters. The van der Waals surface area contributed by atoms with Crippen LogP contribution in [-0.4, -0.2) is 27.1 Å². The number of amides is 1. The number of rotatable bonds is 5. The minimum absolute atomic E-state index is 0.235. The van der Waals surface area contributed by atoms with Crippen molar-refractivity contribution in [2.45, 2.75) is 0 Å². The number of aromatic nitrogens is 2. The van der Waals surface area contributed by atoms with E-state index in [1.54, 1.807) is 54.8 Å². The summed E-state index contributed by atoms with van der Waals surface area (Å²) in [5.74, 6) is -0.632. The van der Waals surface area contributed by atoms with E-state index in [0.29, 0.717) is 27.0 Å². The standard InChI is InChI=1S/C27H18FN5O2S/c28-21-10-6-18(7-11-21)16-24-26(35)30-27(36-24)31-29-17-19-8-12-22(13-9-19)33-25(34)15-14-23(32-33)20-4-2-1-3-5-20/h1-17H,(H,30,31,35). The van der Waals surface area contributed by atoms with Gasteiger partial charge in [0.2, 0.25) is 0 Å². The third kappa shape index (κ3) is 5.37. The van der Waals surface area contributed by atoms with Gasteiger partial charge in [-0.2, -0.15) is 14.9 Å². The van der Waals surface area contributed by atoms with Crippen LogP contribution in [0.5, 0.6) is 0 Å². The minimum Gasteiger partial charge on any atom is -0.299 e. The van der Waals surface area contributed by atoms with E-state index in [9.17, 15) is 14.0 Å². The maximum Gasteiger partial charge on any atom is 0.271 e. The summed E-state index contributed by atoms with van der Waals surface area (Å²) >= 11 is 1.15. The molecule has 1 saturated heterocycles. The molecule has 4 aromatic rings. The van der Waals surface area contributed by atoms with Gasteiger partial charge >= 0.3 is 0 Å². The van der Waals surface area contributed by atoms with Crippen molar-refractivity contribution >= 4 is 35.1 Å². The van der Waals surface area contributed by atoms with Gasteiger partial charge in [-0.05, 0) is 59.3 Å². The van der Waals surface area contributed by atoms with Crippen molar-refractivity contribution in [2.75, 3.05) is 0 Å². The first-order valence-corrected chi connectivity index (χ1v) is 11.7. The molecule has 0 spiro atoms. The molecule has 3 aromatic carbocycles. The monoisotopic (exact) mass is 495 g/mol. The molecule has 0 atom stereocenters. The Labute approximate surface area is 209 Å². The first kappa shape index (κ1) is 23.1. The predicted octanol–water partition coefficient (Wildman–Crippen LogP) is 4.63. The van der Waals surface area contributed by atoms with E-state index in [2.05, 4.69) is 20.6 Å². The quantitative estimate of drug-likeness (QED) is 0.248. The Hall–Kier alpha value is -4.63. The Kier molecular flexibility index (Phi) is 6.63. The molecule has 0 radical (unpaired) electrons. The molecule has 2 heterocycles. The van der Waals surface area contributed by atoms with Crippen LogP contribution in [0.2, 0.25) is 0 Å². The van der Waals surface area contributed by atoms with Crippen molar-refractivity contribution in [1.82, 2.24) is 15.1 Å². The molecular weight excluding hydrogens is 477 g/mol. The van der Waals surface area contributed by atoms with Crippen LogP contribution in [0.1, 0.15) is 11.1 Å². The van der Waals surface area contributed by atoms with Gasteiger partial charge in [-0.25, -0.2) is 4.39 Å². The average molecular weight is 496 g/mol. The highest BCUT2D eigenvalue weighted by Crippen LogP contribution is 2.26. The summed E-state index contributed by atoms with van der Waals surface area (Å²) in [6, 6.07) is 25.8. The van der Waals surface area contributed by atoms with Crippen LogP contribution >= 0.6 is 11.8 Å². The summed E-state index contributed by atoms with van der Waals surface area (Å²) in [5, 5.41) is 15.6. The van der Waals surface area contributed by atoms with Crippen molar-refractivity contribution in [2.24, 2.45) is 10.2 Å². The van der Waals surface area contributed by atoms with Gasteiger partial charge in [0.25, 0.3) is 11.5 Å². The smallest absolute Gasteiger partial charge is 0.271 e. The Morgan fingerprint density at radius 2 is 1.58 bits per heavy atom. The van der Waals surface area contributed by atoms with Crippen molar-refractivity contribution < 1.29 is 9.18 Å². The molecule has 1 amide bonds. The van der Waals surface area contributed by atoms with Crippen LogP contribution in [0.4, 0.5) is 4.39 Å². The van der Waals surface area contributed by atoms with Crippen LogP contribution in [0.25, 0.3) is 23.0 Å². The molecular formula is C27H18FN5O2S. The number of carbonyl (C=O) groups is 1. The topological polar surface area (TPSA) is 88.7 Å². The largest absolute Gasteiger partial charge is 0.299 e. The highest BCUT2D eigenvalue weighted by Gasteiger charge is 2.23. The van der Waals surface area contributed by atoms with E-state index < -0.39 is 0 Å². The van der Waals surface area contributed by atoms with E-state index in [-0.39, 0.29) is 17.3 Å². The Balaban J connectivity index is 1.28. The average Bonchev–Trinajstić information content (AvgIpc) is 3.25. The lowest BCUT2D eigenvalue weighted by Gasteiger charge is -2.07. The zero-order chi connectivity index (χ0) is 24.9. The first-order chi connectivity index (χ1) is 17.5. The van der Waals surface area contributed by atoms with Gasteiger partial charge in [-0.1, -0.05) is 54.6 Å². The van der Waals surface area contributed by atoms with Crippen LogP contribution in [0, 0.1) is 5.82 Å². The molecule has 7 nitrogen and oxygen atoms in total. The van der Waals surface area contributed by atoms with Crippen molar-refractivity contribution in [3.05, 3.63) is 123 Å². The SMILES string of the molecule is O=C1NC(=NN=Cc2ccc(-n3nc(-c4ccccc4)ccc3=O)cc2)SC1=Cc1ccc(F)cc1. The molecule has 1 aliphatic heterocycles. The number of nitrogens with one attached hydrogen (secondary N) is 1. The lowest BCUT2D eigenvalue weighted by molar-refractivity contribution is -0.115. The molecule has 1 aromatic heterocycles. The highest BCUT2D eigenvalue weighted by molar-refractivity contribution is 8.18. The fourth-order valence-electron chi connectivity index (χ4n) is 3.39. The summed E-state index contributed by atoms with van der Waals surface area (Å²) in [4.78, 5) is 25.0. The molecule has 0 bridgehead atoms. The molecule has 9 heteroatoms. The number of benzene rings is 3. The van der Waals surface area contributed by atoms with Gasteiger partial charge in [0, 0.05) is 11.6 Å². The Morgan fingerprint density at radius 1 is 0.861 bits per heavy atom.